The first-order chi connectivity index (χ1) is 10.1. The van der Waals surface area contributed by atoms with Crippen LogP contribution in [0.4, 0.5) is 0 Å². The highest BCUT2D eigenvalue weighted by Crippen LogP contribution is 2.40. The Morgan fingerprint density at radius 3 is 2.43 bits per heavy atom. The molecule has 0 atom stereocenters. The van der Waals surface area contributed by atoms with Gasteiger partial charge in [0.2, 0.25) is 5.75 Å². The molecule has 1 aliphatic rings. The first-order valence-corrected chi connectivity index (χ1v) is 6.82. The van der Waals surface area contributed by atoms with Gasteiger partial charge in [0.15, 0.2) is 17.3 Å². The van der Waals surface area contributed by atoms with Crippen LogP contribution in [0.15, 0.2) is 17.7 Å². The number of carbonyl (C=O) groups is 1. The third kappa shape index (κ3) is 3.19. The van der Waals surface area contributed by atoms with E-state index in [-0.39, 0.29) is 5.78 Å². The second-order valence-electron chi connectivity index (χ2n) is 5.00. The van der Waals surface area contributed by atoms with Gasteiger partial charge in [-0.05, 0) is 25.3 Å². The number of nitrogens with zero attached hydrogens (tertiary/aromatic N) is 1. The van der Waals surface area contributed by atoms with Gasteiger partial charge in [0.25, 0.3) is 0 Å². The van der Waals surface area contributed by atoms with Gasteiger partial charge in [-0.1, -0.05) is 0 Å². The molecule has 114 valence electrons. The second kappa shape index (κ2) is 6.63. The van der Waals surface area contributed by atoms with E-state index in [1.165, 1.54) is 0 Å². The van der Waals surface area contributed by atoms with Crippen LogP contribution in [0.1, 0.15) is 12.0 Å². The zero-order valence-electron chi connectivity index (χ0n) is 12.9. The van der Waals surface area contributed by atoms with Crippen molar-refractivity contribution in [3.05, 3.63) is 23.3 Å². The molecule has 1 aromatic carbocycles. The fourth-order valence-corrected chi connectivity index (χ4v) is 2.46. The predicted octanol–water partition coefficient (Wildman–Crippen LogP) is 2.00. The van der Waals surface area contributed by atoms with Crippen molar-refractivity contribution in [1.82, 2.24) is 4.90 Å². The van der Waals surface area contributed by atoms with Gasteiger partial charge in [0.05, 0.1) is 21.3 Å². The first-order valence-electron chi connectivity index (χ1n) is 6.82. The largest absolute Gasteiger partial charge is 0.493 e. The Labute approximate surface area is 125 Å². The molecule has 1 fully saturated rings. The third-order valence-electron chi connectivity index (χ3n) is 3.58. The van der Waals surface area contributed by atoms with E-state index in [0.717, 1.165) is 17.7 Å². The van der Waals surface area contributed by atoms with Crippen LogP contribution in [0.25, 0.3) is 6.08 Å². The van der Waals surface area contributed by atoms with Gasteiger partial charge in [0, 0.05) is 30.6 Å². The van der Waals surface area contributed by atoms with Crippen LogP contribution in [0.2, 0.25) is 0 Å². The Balaban J connectivity index is 2.46. The van der Waals surface area contributed by atoms with Gasteiger partial charge in [-0.15, -0.1) is 0 Å². The lowest BCUT2D eigenvalue weighted by Gasteiger charge is -2.23. The highest BCUT2D eigenvalue weighted by molar-refractivity contribution is 6.01. The lowest BCUT2D eigenvalue weighted by Crippen LogP contribution is -2.32. The van der Waals surface area contributed by atoms with E-state index in [1.807, 2.05) is 25.3 Å². The van der Waals surface area contributed by atoms with E-state index in [9.17, 15) is 4.79 Å². The molecule has 21 heavy (non-hydrogen) atoms. The van der Waals surface area contributed by atoms with Gasteiger partial charge in [-0.3, -0.25) is 4.79 Å². The standard InChI is InChI=1S/C16H21NO4/c1-17-8-7-13(18)12(10-17)9-11-5-6-14(19-2)16(21-4)15(11)20-3/h5-6,9H,7-8,10H2,1-4H3/b12-9+. The van der Waals surface area contributed by atoms with Gasteiger partial charge < -0.3 is 19.1 Å². The molecule has 0 aliphatic carbocycles. The molecule has 0 saturated carbocycles. The van der Waals surface area contributed by atoms with Crippen LogP contribution in [-0.4, -0.2) is 52.1 Å². The summed E-state index contributed by atoms with van der Waals surface area (Å²) < 4.78 is 16.1. The SMILES string of the molecule is COc1ccc(/C=C2\CN(C)CCC2=O)c(OC)c1OC. The van der Waals surface area contributed by atoms with E-state index in [0.29, 0.717) is 30.2 Å². The number of ether oxygens (including phenoxy) is 3. The van der Waals surface area contributed by atoms with Gasteiger partial charge in [0.1, 0.15) is 0 Å². The van der Waals surface area contributed by atoms with Crippen molar-refractivity contribution in [2.45, 2.75) is 6.42 Å². The Bertz CT molecular complexity index is 566. The summed E-state index contributed by atoms with van der Waals surface area (Å²) in [5.41, 5.74) is 1.60. The van der Waals surface area contributed by atoms with Crippen molar-refractivity contribution in [1.29, 1.82) is 0 Å². The smallest absolute Gasteiger partial charge is 0.203 e. The number of piperidine rings is 1. The molecule has 0 bridgehead atoms. The summed E-state index contributed by atoms with van der Waals surface area (Å²) in [5, 5.41) is 0. The third-order valence-corrected chi connectivity index (χ3v) is 3.58. The zero-order valence-corrected chi connectivity index (χ0v) is 12.9. The van der Waals surface area contributed by atoms with Crippen molar-refractivity contribution in [2.75, 3.05) is 41.5 Å². The van der Waals surface area contributed by atoms with Crippen LogP contribution in [0, 0.1) is 0 Å². The predicted molar refractivity (Wildman–Crippen MR) is 81.2 cm³/mol. The Kier molecular flexibility index (Phi) is 4.85. The van der Waals surface area contributed by atoms with Gasteiger partial charge >= 0.3 is 0 Å². The molecule has 1 heterocycles. The molecular weight excluding hydrogens is 270 g/mol. The van der Waals surface area contributed by atoms with Crippen molar-refractivity contribution in [2.24, 2.45) is 0 Å². The molecule has 0 N–H and O–H groups in total. The van der Waals surface area contributed by atoms with Crippen molar-refractivity contribution >= 4 is 11.9 Å². The number of carbonyl (C=O) groups excluding carboxylic acids is 1. The van der Waals surface area contributed by atoms with Crippen LogP contribution in [0.5, 0.6) is 17.2 Å². The summed E-state index contributed by atoms with van der Waals surface area (Å²) in [7, 11) is 6.73. The molecule has 2 rings (SSSR count). The number of hydrogen-bond donors (Lipinski definition) is 0. The number of Topliss-reactive ketones (excluding diaryl/α,β-unsaturated/α-hetero) is 1. The average Bonchev–Trinajstić information content (AvgIpc) is 2.50. The minimum absolute atomic E-state index is 0.185. The number of methoxy groups -OCH3 is 3. The quantitative estimate of drug-likeness (QED) is 0.794. The lowest BCUT2D eigenvalue weighted by atomic mass is 10.00. The van der Waals surface area contributed by atoms with Gasteiger partial charge in [-0.2, -0.15) is 0 Å². The van der Waals surface area contributed by atoms with Crippen LogP contribution in [-0.2, 0) is 4.79 Å². The molecule has 5 nitrogen and oxygen atoms in total. The molecule has 0 amide bonds. The van der Waals surface area contributed by atoms with Crippen molar-refractivity contribution in [3.8, 4) is 17.2 Å². The molecular formula is C16H21NO4. The van der Waals surface area contributed by atoms with E-state index in [4.69, 9.17) is 14.2 Å². The monoisotopic (exact) mass is 291 g/mol. The number of likely N-dealkylation sites (tertiary alicyclic amines) is 1. The number of rotatable bonds is 4. The van der Waals surface area contributed by atoms with E-state index < -0.39 is 0 Å². The second-order valence-corrected chi connectivity index (χ2v) is 5.00. The number of benzene rings is 1. The Morgan fingerprint density at radius 2 is 1.81 bits per heavy atom. The normalized spacial score (nSPS) is 17.9. The fourth-order valence-electron chi connectivity index (χ4n) is 2.46. The average molecular weight is 291 g/mol. The minimum Gasteiger partial charge on any atom is -0.493 e. The number of likely N-dealkylation sites (N-methyl/N-ethyl adjacent to an activating group) is 1. The molecule has 1 aliphatic heterocycles. The fraction of sp³-hybridized carbons (Fsp3) is 0.438. The maximum absolute atomic E-state index is 12.0. The van der Waals surface area contributed by atoms with Gasteiger partial charge in [-0.25, -0.2) is 0 Å². The molecule has 1 aromatic rings. The van der Waals surface area contributed by atoms with E-state index in [1.54, 1.807) is 21.3 Å². The van der Waals surface area contributed by atoms with Crippen LogP contribution < -0.4 is 14.2 Å². The zero-order chi connectivity index (χ0) is 15.4. The molecule has 0 aromatic heterocycles. The summed E-state index contributed by atoms with van der Waals surface area (Å²) in [6, 6.07) is 3.68. The van der Waals surface area contributed by atoms with Crippen LogP contribution >= 0.6 is 0 Å². The molecule has 0 radical (unpaired) electrons. The summed E-state index contributed by atoms with van der Waals surface area (Å²) >= 11 is 0. The van der Waals surface area contributed by atoms with Crippen molar-refractivity contribution in [3.63, 3.8) is 0 Å². The Morgan fingerprint density at radius 1 is 1.10 bits per heavy atom. The molecule has 1 saturated heterocycles. The highest BCUT2D eigenvalue weighted by atomic mass is 16.5. The topological polar surface area (TPSA) is 48.0 Å². The maximum Gasteiger partial charge on any atom is 0.203 e. The highest BCUT2D eigenvalue weighted by Gasteiger charge is 2.20. The summed E-state index contributed by atoms with van der Waals surface area (Å²) in [5.74, 6) is 1.89. The molecule has 5 heteroatoms. The summed E-state index contributed by atoms with van der Waals surface area (Å²) in [4.78, 5) is 14.2. The van der Waals surface area contributed by atoms with Crippen LogP contribution in [0.3, 0.4) is 0 Å². The molecule has 0 spiro atoms. The minimum atomic E-state index is 0.185. The number of hydrogen-bond acceptors (Lipinski definition) is 5. The number of ketones is 1. The Hall–Kier alpha value is -2.01. The summed E-state index contributed by atoms with van der Waals surface area (Å²) in [6.45, 7) is 1.45. The maximum atomic E-state index is 12.0. The summed E-state index contributed by atoms with van der Waals surface area (Å²) in [6.07, 6.45) is 2.43. The van der Waals surface area contributed by atoms with Crippen molar-refractivity contribution < 1.29 is 19.0 Å². The van der Waals surface area contributed by atoms with E-state index in [2.05, 4.69) is 4.90 Å². The lowest BCUT2D eigenvalue weighted by molar-refractivity contribution is -0.117. The molecule has 0 unspecified atom stereocenters. The van der Waals surface area contributed by atoms with E-state index >= 15 is 0 Å². The first kappa shape index (κ1) is 15.4.